The Morgan fingerprint density at radius 2 is 2.22 bits per heavy atom. The topological polar surface area (TPSA) is 58.5 Å². The van der Waals surface area contributed by atoms with E-state index in [4.69, 9.17) is 11.6 Å². The van der Waals surface area contributed by atoms with Crippen LogP contribution in [0, 0.1) is 0 Å². The van der Waals surface area contributed by atoms with E-state index in [2.05, 4.69) is 20.6 Å². The van der Waals surface area contributed by atoms with Crippen LogP contribution in [0.3, 0.4) is 0 Å². The molecule has 4 rings (SSSR count). The molecule has 3 aromatic rings. The van der Waals surface area contributed by atoms with Crippen molar-refractivity contribution in [1.82, 2.24) is 25.3 Å². The van der Waals surface area contributed by atoms with Gasteiger partial charge in [0.05, 0.1) is 22.6 Å². The summed E-state index contributed by atoms with van der Waals surface area (Å²) in [5, 5.41) is 16.2. The number of para-hydroxylation sites is 1. The minimum Gasteiger partial charge on any atom is -0.304 e. The number of H-pyrrole nitrogens is 1. The van der Waals surface area contributed by atoms with Crippen LogP contribution < -0.4 is 5.32 Å². The van der Waals surface area contributed by atoms with Crippen molar-refractivity contribution in [2.75, 3.05) is 0 Å². The molecule has 0 saturated carbocycles. The van der Waals surface area contributed by atoms with E-state index >= 15 is 0 Å². The van der Waals surface area contributed by atoms with Gasteiger partial charge in [-0.2, -0.15) is 10.2 Å². The average Bonchev–Trinajstić information content (AvgIpc) is 3.22. The number of fused-ring (bicyclic) bond motifs is 1. The van der Waals surface area contributed by atoms with Crippen molar-refractivity contribution in [1.29, 1.82) is 0 Å². The van der Waals surface area contributed by atoms with Crippen molar-refractivity contribution < 1.29 is 0 Å². The van der Waals surface area contributed by atoms with Crippen LogP contribution >= 0.6 is 11.6 Å². The zero-order valence-electron chi connectivity index (χ0n) is 12.7. The predicted octanol–water partition coefficient (Wildman–Crippen LogP) is 3.42. The quantitative estimate of drug-likeness (QED) is 0.772. The van der Waals surface area contributed by atoms with E-state index < -0.39 is 0 Å². The van der Waals surface area contributed by atoms with Gasteiger partial charge in [-0.15, -0.1) is 0 Å². The first-order valence-corrected chi connectivity index (χ1v) is 8.24. The van der Waals surface area contributed by atoms with Gasteiger partial charge in [-0.05, 0) is 37.5 Å². The number of nitrogens with one attached hydrogen (secondary N) is 2. The van der Waals surface area contributed by atoms with Gasteiger partial charge < -0.3 is 5.32 Å². The van der Waals surface area contributed by atoms with E-state index in [1.807, 2.05) is 47.4 Å². The fourth-order valence-electron chi connectivity index (χ4n) is 3.13. The van der Waals surface area contributed by atoms with Gasteiger partial charge in [0.25, 0.3) is 0 Å². The number of hydrogen-bond donors (Lipinski definition) is 2. The largest absolute Gasteiger partial charge is 0.304 e. The van der Waals surface area contributed by atoms with Gasteiger partial charge in [-0.3, -0.25) is 5.10 Å². The van der Waals surface area contributed by atoms with Crippen LogP contribution in [-0.4, -0.2) is 20.0 Å². The molecule has 1 unspecified atom stereocenters. The second-order valence-corrected chi connectivity index (χ2v) is 6.24. The molecule has 2 N–H and O–H groups in total. The van der Waals surface area contributed by atoms with E-state index in [1.54, 1.807) is 0 Å². The second-order valence-electron chi connectivity index (χ2n) is 5.83. The molecule has 23 heavy (non-hydrogen) atoms. The summed E-state index contributed by atoms with van der Waals surface area (Å²) in [5.41, 5.74) is 4.45. The van der Waals surface area contributed by atoms with E-state index in [-0.39, 0.29) is 0 Å². The molecule has 0 radical (unpaired) electrons. The summed E-state index contributed by atoms with van der Waals surface area (Å²) in [4.78, 5) is 0. The van der Waals surface area contributed by atoms with Crippen LogP contribution in [0.5, 0.6) is 0 Å². The highest BCUT2D eigenvalue weighted by molar-refractivity contribution is 6.32. The minimum atomic E-state index is 0.350. The van der Waals surface area contributed by atoms with Crippen molar-refractivity contribution in [3.63, 3.8) is 0 Å². The Balaban J connectivity index is 1.46. The van der Waals surface area contributed by atoms with Crippen LogP contribution in [-0.2, 0) is 13.0 Å². The molecule has 0 amide bonds. The first-order chi connectivity index (χ1) is 11.3. The number of nitrogens with zero attached hydrogens (tertiary/aromatic N) is 3. The van der Waals surface area contributed by atoms with E-state index in [0.29, 0.717) is 11.1 Å². The SMILES string of the molecule is Clc1ccccc1-n1ccc(CNC2CCCc3[nH]ncc32)n1. The number of halogens is 1. The lowest BCUT2D eigenvalue weighted by Gasteiger charge is -2.22. The number of benzene rings is 1. The molecule has 0 fully saturated rings. The predicted molar refractivity (Wildman–Crippen MR) is 89.7 cm³/mol. The molecular weight excluding hydrogens is 310 g/mol. The molecule has 2 heterocycles. The number of rotatable bonds is 4. The maximum absolute atomic E-state index is 6.22. The Kier molecular flexibility index (Phi) is 3.89. The number of hydrogen-bond acceptors (Lipinski definition) is 3. The molecule has 0 saturated heterocycles. The zero-order chi connectivity index (χ0) is 15.6. The summed E-state index contributed by atoms with van der Waals surface area (Å²) in [5.74, 6) is 0. The van der Waals surface area contributed by atoms with Gasteiger partial charge >= 0.3 is 0 Å². The number of aromatic nitrogens is 4. The van der Waals surface area contributed by atoms with Gasteiger partial charge in [0.1, 0.15) is 0 Å². The van der Waals surface area contributed by atoms with Crippen LogP contribution in [0.25, 0.3) is 5.69 Å². The summed E-state index contributed by atoms with van der Waals surface area (Å²) in [6.07, 6.45) is 7.30. The van der Waals surface area contributed by atoms with Crippen molar-refractivity contribution in [2.24, 2.45) is 0 Å². The number of aromatic amines is 1. The fourth-order valence-corrected chi connectivity index (χ4v) is 3.35. The van der Waals surface area contributed by atoms with Crippen molar-refractivity contribution in [2.45, 2.75) is 31.8 Å². The molecule has 0 bridgehead atoms. The maximum Gasteiger partial charge on any atom is 0.0831 e. The maximum atomic E-state index is 6.22. The molecule has 1 aliphatic rings. The third kappa shape index (κ3) is 2.90. The molecule has 1 atom stereocenters. The monoisotopic (exact) mass is 327 g/mol. The minimum absolute atomic E-state index is 0.350. The molecule has 2 aromatic heterocycles. The normalized spacial score (nSPS) is 17.2. The lowest BCUT2D eigenvalue weighted by molar-refractivity contribution is 0.454. The first kappa shape index (κ1) is 14.5. The van der Waals surface area contributed by atoms with Crippen molar-refractivity contribution in [3.05, 3.63) is 64.7 Å². The number of aryl methyl sites for hydroxylation is 1. The van der Waals surface area contributed by atoms with Gasteiger partial charge in [0.15, 0.2) is 0 Å². The molecule has 118 valence electrons. The van der Waals surface area contributed by atoms with Crippen LogP contribution in [0.2, 0.25) is 5.02 Å². The van der Waals surface area contributed by atoms with E-state index in [1.165, 1.54) is 17.7 Å². The van der Waals surface area contributed by atoms with Gasteiger partial charge in [0.2, 0.25) is 0 Å². The van der Waals surface area contributed by atoms with Gasteiger partial charge in [-0.25, -0.2) is 4.68 Å². The standard InChI is InChI=1S/C17H18ClN5/c18-14-4-1-2-7-17(14)23-9-8-12(22-23)10-19-15-5-3-6-16-13(15)11-20-21-16/h1-2,4,7-9,11,15,19H,3,5-6,10H2,(H,20,21). The smallest absolute Gasteiger partial charge is 0.0831 e. The fraction of sp³-hybridized carbons (Fsp3) is 0.294. The van der Waals surface area contributed by atoms with Crippen molar-refractivity contribution >= 4 is 11.6 Å². The van der Waals surface area contributed by atoms with Crippen LogP contribution in [0.15, 0.2) is 42.7 Å². The highest BCUT2D eigenvalue weighted by Crippen LogP contribution is 2.28. The molecule has 5 nitrogen and oxygen atoms in total. The molecule has 0 aliphatic heterocycles. The van der Waals surface area contributed by atoms with Gasteiger partial charge in [0, 0.05) is 30.0 Å². The third-order valence-corrected chi connectivity index (χ3v) is 4.64. The Morgan fingerprint density at radius 1 is 1.30 bits per heavy atom. The molecule has 0 spiro atoms. The van der Waals surface area contributed by atoms with Crippen LogP contribution in [0.1, 0.15) is 35.8 Å². The highest BCUT2D eigenvalue weighted by atomic mass is 35.5. The third-order valence-electron chi connectivity index (χ3n) is 4.32. The Hall–Kier alpha value is -2.11. The lowest BCUT2D eigenvalue weighted by Crippen LogP contribution is -2.24. The Morgan fingerprint density at radius 3 is 3.13 bits per heavy atom. The molecule has 1 aliphatic carbocycles. The van der Waals surface area contributed by atoms with Crippen molar-refractivity contribution in [3.8, 4) is 5.69 Å². The highest BCUT2D eigenvalue weighted by Gasteiger charge is 2.21. The summed E-state index contributed by atoms with van der Waals surface area (Å²) < 4.78 is 1.82. The zero-order valence-corrected chi connectivity index (χ0v) is 13.4. The lowest BCUT2D eigenvalue weighted by atomic mass is 9.93. The second kappa shape index (κ2) is 6.18. The summed E-state index contributed by atoms with van der Waals surface area (Å²) in [6, 6.07) is 10.1. The first-order valence-electron chi connectivity index (χ1n) is 7.86. The van der Waals surface area contributed by atoms with E-state index in [9.17, 15) is 0 Å². The Bertz CT molecular complexity index is 807. The van der Waals surface area contributed by atoms with E-state index in [0.717, 1.165) is 30.8 Å². The summed E-state index contributed by atoms with van der Waals surface area (Å²) >= 11 is 6.22. The summed E-state index contributed by atoms with van der Waals surface area (Å²) in [7, 11) is 0. The molecule has 1 aromatic carbocycles. The van der Waals surface area contributed by atoms with Gasteiger partial charge in [-0.1, -0.05) is 23.7 Å². The Labute approximate surface area is 139 Å². The molecular formula is C17H18ClN5. The van der Waals surface area contributed by atoms with Crippen LogP contribution in [0.4, 0.5) is 0 Å². The average molecular weight is 328 g/mol. The summed E-state index contributed by atoms with van der Waals surface area (Å²) in [6.45, 7) is 0.729. The molecule has 6 heteroatoms.